The van der Waals surface area contributed by atoms with Gasteiger partial charge in [-0.15, -0.1) is 0 Å². The number of amides is 1. The van der Waals surface area contributed by atoms with Gasteiger partial charge in [0.1, 0.15) is 11.5 Å². The van der Waals surface area contributed by atoms with Crippen molar-refractivity contribution in [2.24, 2.45) is 11.7 Å². The number of rotatable bonds is 9. The highest BCUT2D eigenvalue weighted by Crippen LogP contribution is 2.27. The molecule has 0 atom stereocenters. The lowest BCUT2D eigenvalue weighted by Gasteiger charge is -2.36. The first kappa shape index (κ1) is 23.1. The Morgan fingerprint density at radius 1 is 1.23 bits per heavy atom. The van der Waals surface area contributed by atoms with Crippen LogP contribution in [-0.4, -0.2) is 47.7 Å². The van der Waals surface area contributed by atoms with Crippen LogP contribution in [0.2, 0.25) is 0 Å². The van der Waals surface area contributed by atoms with Gasteiger partial charge < -0.3 is 15.4 Å². The van der Waals surface area contributed by atoms with E-state index in [0.717, 1.165) is 32.0 Å². The Morgan fingerprint density at radius 3 is 2.48 bits per heavy atom. The van der Waals surface area contributed by atoms with Crippen LogP contribution in [0.3, 0.4) is 0 Å². The number of pyridine rings is 1. The molecule has 1 fully saturated rings. The van der Waals surface area contributed by atoms with E-state index in [1.807, 2.05) is 13.8 Å². The number of primary amides is 1. The minimum Gasteiger partial charge on any atom is -0.477 e. The van der Waals surface area contributed by atoms with E-state index in [1.165, 1.54) is 12.1 Å². The molecule has 3 rings (SSSR count). The van der Waals surface area contributed by atoms with Crippen molar-refractivity contribution >= 4 is 5.91 Å². The average Bonchev–Trinajstić information content (AvgIpc) is 2.79. The van der Waals surface area contributed by atoms with E-state index >= 15 is 0 Å². The van der Waals surface area contributed by atoms with Gasteiger partial charge in [0.05, 0.1) is 6.61 Å². The van der Waals surface area contributed by atoms with E-state index in [4.69, 9.17) is 10.5 Å². The molecule has 168 valence electrons. The molecule has 0 aliphatic carbocycles. The summed E-state index contributed by atoms with van der Waals surface area (Å²) in [7, 11) is 0. The normalized spacial score (nSPS) is 15.7. The molecular weight excluding hydrogens is 400 g/mol. The highest BCUT2D eigenvalue weighted by Gasteiger charge is 2.30. The molecule has 1 aromatic carbocycles. The number of halogens is 2. The van der Waals surface area contributed by atoms with Crippen molar-refractivity contribution in [2.45, 2.75) is 45.2 Å². The van der Waals surface area contributed by atoms with Gasteiger partial charge in [0, 0.05) is 35.5 Å². The summed E-state index contributed by atoms with van der Waals surface area (Å²) in [6.45, 7) is 6.65. The van der Waals surface area contributed by atoms with E-state index in [0.29, 0.717) is 48.9 Å². The largest absolute Gasteiger partial charge is 0.477 e. The van der Waals surface area contributed by atoms with Gasteiger partial charge in [-0.3, -0.25) is 4.79 Å². The molecule has 2 heterocycles. The summed E-state index contributed by atoms with van der Waals surface area (Å²) in [5.41, 5.74) is 5.16. The Hall–Kier alpha value is -2.54. The number of benzene rings is 1. The van der Waals surface area contributed by atoms with E-state index in [-0.39, 0.29) is 5.56 Å². The van der Waals surface area contributed by atoms with Crippen LogP contribution in [0, 0.1) is 11.7 Å². The van der Waals surface area contributed by atoms with Gasteiger partial charge in [-0.25, -0.2) is 13.8 Å². The Balaban J connectivity index is 1.50. The number of nitrogens with two attached hydrogens (primary N) is 1. The van der Waals surface area contributed by atoms with Crippen LogP contribution in [0.1, 0.15) is 49.9 Å². The van der Waals surface area contributed by atoms with Gasteiger partial charge in [-0.2, -0.15) is 0 Å². The third-order valence-corrected chi connectivity index (χ3v) is 6.25. The van der Waals surface area contributed by atoms with E-state index in [9.17, 15) is 13.6 Å². The smallest absolute Gasteiger partial charge is 0.248 e. The fourth-order valence-corrected chi connectivity index (χ4v) is 3.92. The minimum atomic E-state index is -1.09. The van der Waals surface area contributed by atoms with Crippen molar-refractivity contribution in [2.75, 3.05) is 26.2 Å². The Kier molecular flexibility index (Phi) is 7.59. The molecule has 1 amide bonds. The number of ether oxygens (including phenoxy) is 1. The summed E-state index contributed by atoms with van der Waals surface area (Å²) in [4.78, 5) is 17.7. The molecule has 2 aromatic rings. The average molecular weight is 432 g/mol. The summed E-state index contributed by atoms with van der Waals surface area (Å²) in [5, 5.41) is 0. The molecule has 0 bridgehead atoms. The number of hydrogen-bond acceptors (Lipinski definition) is 4. The van der Waals surface area contributed by atoms with Crippen molar-refractivity contribution in [1.82, 2.24) is 9.88 Å². The van der Waals surface area contributed by atoms with Crippen LogP contribution in [0.4, 0.5) is 8.78 Å². The van der Waals surface area contributed by atoms with Crippen molar-refractivity contribution in [3.8, 4) is 17.0 Å². The summed E-state index contributed by atoms with van der Waals surface area (Å²) in [5.74, 6) is -0.297. The molecule has 0 unspecified atom stereocenters. The van der Waals surface area contributed by atoms with Gasteiger partial charge in [0.15, 0.2) is 0 Å². The molecule has 0 saturated carbocycles. The van der Waals surface area contributed by atoms with E-state index in [1.54, 1.807) is 18.3 Å². The van der Waals surface area contributed by atoms with Gasteiger partial charge in [0.2, 0.25) is 11.8 Å². The molecule has 0 radical (unpaired) electrons. The quantitative estimate of drug-likeness (QED) is 0.630. The third-order valence-electron chi connectivity index (χ3n) is 6.25. The number of piperidine rings is 1. The van der Waals surface area contributed by atoms with Crippen molar-refractivity contribution < 1.29 is 18.3 Å². The van der Waals surface area contributed by atoms with Gasteiger partial charge in [0.25, 0.3) is 0 Å². The van der Waals surface area contributed by atoms with E-state index < -0.39 is 17.4 Å². The maximum Gasteiger partial charge on any atom is 0.248 e. The van der Waals surface area contributed by atoms with Gasteiger partial charge >= 0.3 is 0 Å². The second-order valence-corrected chi connectivity index (χ2v) is 8.33. The monoisotopic (exact) mass is 431 g/mol. The molecule has 1 aromatic heterocycles. The molecule has 2 N–H and O–H groups in total. The predicted molar refractivity (Wildman–Crippen MR) is 117 cm³/mol. The molecule has 1 aliphatic heterocycles. The standard InChI is InChI=1S/C24H31F2N3O2/c1-3-24(26,4-2)16-29-11-9-17(10-12-29)15-31-22-8-6-19(14-28-22)20-7-5-18(23(27)30)13-21(20)25/h5-8,13-14,17H,3-4,9-12,15-16H2,1-2H3,(H2,27,30). The van der Waals surface area contributed by atoms with Crippen LogP contribution in [0.5, 0.6) is 5.88 Å². The van der Waals surface area contributed by atoms with Crippen LogP contribution in [0.25, 0.3) is 11.1 Å². The maximum absolute atomic E-state index is 14.6. The number of nitrogens with zero attached hydrogens (tertiary/aromatic N) is 2. The topological polar surface area (TPSA) is 68.5 Å². The Morgan fingerprint density at radius 2 is 1.94 bits per heavy atom. The first-order chi connectivity index (χ1) is 14.8. The third kappa shape index (κ3) is 6.00. The SMILES string of the molecule is CCC(F)(CC)CN1CCC(COc2ccc(-c3ccc(C(N)=O)cc3F)cn2)CC1. The number of likely N-dealkylation sites (tertiary alicyclic amines) is 1. The summed E-state index contributed by atoms with van der Waals surface area (Å²) < 4.78 is 34.7. The predicted octanol–water partition coefficient (Wildman–Crippen LogP) is 4.61. The van der Waals surface area contributed by atoms with Crippen molar-refractivity contribution in [3.05, 3.63) is 47.9 Å². The highest BCUT2D eigenvalue weighted by atomic mass is 19.1. The zero-order valence-electron chi connectivity index (χ0n) is 18.2. The number of hydrogen-bond donors (Lipinski definition) is 1. The lowest BCUT2D eigenvalue weighted by molar-refractivity contribution is 0.0565. The zero-order chi connectivity index (χ0) is 22.4. The van der Waals surface area contributed by atoms with Crippen molar-refractivity contribution in [1.29, 1.82) is 0 Å². The summed E-state index contributed by atoms with van der Waals surface area (Å²) in [6.07, 6.45) is 4.59. The van der Waals surface area contributed by atoms with Crippen LogP contribution < -0.4 is 10.5 Å². The lowest BCUT2D eigenvalue weighted by atomic mass is 9.94. The fraction of sp³-hybridized carbons (Fsp3) is 0.500. The van der Waals surface area contributed by atoms with Crippen LogP contribution in [-0.2, 0) is 0 Å². The molecule has 5 nitrogen and oxygen atoms in total. The summed E-state index contributed by atoms with van der Waals surface area (Å²) in [6, 6.07) is 7.59. The first-order valence-electron chi connectivity index (χ1n) is 10.9. The second kappa shape index (κ2) is 10.2. The highest BCUT2D eigenvalue weighted by molar-refractivity contribution is 5.93. The first-order valence-corrected chi connectivity index (χ1v) is 10.9. The second-order valence-electron chi connectivity index (χ2n) is 8.33. The van der Waals surface area contributed by atoms with Crippen LogP contribution in [0.15, 0.2) is 36.5 Å². The fourth-order valence-electron chi connectivity index (χ4n) is 3.92. The molecular formula is C24H31F2N3O2. The minimum absolute atomic E-state index is 0.127. The Labute approximate surface area is 182 Å². The van der Waals surface area contributed by atoms with Gasteiger partial charge in [-0.1, -0.05) is 19.9 Å². The molecule has 31 heavy (non-hydrogen) atoms. The van der Waals surface area contributed by atoms with E-state index in [2.05, 4.69) is 9.88 Å². The number of alkyl halides is 1. The van der Waals surface area contributed by atoms with Gasteiger partial charge in [-0.05, 0) is 62.9 Å². The number of carbonyl (C=O) groups excluding carboxylic acids is 1. The molecule has 1 saturated heterocycles. The van der Waals surface area contributed by atoms with Crippen molar-refractivity contribution in [3.63, 3.8) is 0 Å². The van der Waals surface area contributed by atoms with Crippen LogP contribution >= 0.6 is 0 Å². The molecule has 0 spiro atoms. The number of carbonyl (C=O) groups is 1. The molecule has 1 aliphatic rings. The summed E-state index contributed by atoms with van der Waals surface area (Å²) >= 11 is 0. The zero-order valence-corrected chi connectivity index (χ0v) is 18.2. The maximum atomic E-state index is 14.6. The lowest BCUT2D eigenvalue weighted by Crippen LogP contribution is -2.44. The number of aromatic nitrogens is 1. The Bertz CT molecular complexity index is 877. The molecule has 7 heteroatoms.